The molecule has 74 valence electrons. The summed E-state index contributed by atoms with van der Waals surface area (Å²) < 4.78 is 0. The average Bonchev–Trinajstić information content (AvgIpc) is 3.01. The van der Waals surface area contributed by atoms with Gasteiger partial charge in [-0.05, 0) is 37.8 Å². The van der Waals surface area contributed by atoms with Gasteiger partial charge in [0.25, 0.3) is 0 Å². The molecular weight excluding hydrogens is 172 g/mol. The van der Waals surface area contributed by atoms with Gasteiger partial charge in [0.05, 0.1) is 16.9 Å². The highest BCUT2D eigenvalue weighted by atomic mass is 15.1. The molecule has 3 rings (SSSR count). The van der Waals surface area contributed by atoms with Gasteiger partial charge in [-0.25, -0.2) is 0 Å². The number of hydrogen-bond donors (Lipinski definition) is 2. The van der Waals surface area contributed by atoms with Crippen LogP contribution < -0.4 is 10.6 Å². The van der Waals surface area contributed by atoms with E-state index in [4.69, 9.17) is 0 Å². The van der Waals surface area contributed by atoms with Gasteiger partial charge in [0, 0.05) is 6.54 Å². The second-order valence-corrected chi connectivity index (χ2v) is 4.72. The minimum absolute atomic E-state index is 0.272. The smallest absolute Gasteiger partial charge is 0.0580 e. The Hall–Kier alpha value is -1.18. The van der Waals surface area contributed by atoms with Gasteiger partial charge in [-0.3, -0.25) is 0 Å². The van der Waals surface area contributed by atoms with Crippen LogP contribution >= 0.6 is 0 Å². The number of hydrogen-bond acceptors (Lipinski definition) is 2. The Morgan fingerprint density at radius 1 is 1.21 bits per heavy atom. The summed E-state index contributed by atoms with van der Waals surface area (Å²) in [5.74, 6) is 0.864. The highest BCUT2D eigenvalue weighted by Crippen LogP contribution is 2.44. The Morgan fingerprint density at radius 3 is 2.64 bits per heavy atom. The molecule has 0 amide bonds. The molecular formula is C12H16N2. The average molecular weight is 188 g/mol. The minimum atomic E-state index is 0.272. The minimum Gasteiger partial charge on any atom is -0.381 e. The predicted molar refractivity (Wildman–Crippen MR) is 59.7 cm³/mol. The molecule has 2 nitrogen and oxygen atoms in total. The van der Waals surface area contributed by atoms with E-state index in [1.165, 1.54) is 24.2 Å². The van der Waals surface area contributed by atoms with Crippen molar-refractivity contribution in [2.45, 2.75) is 25.3 Å². The van der Waals surface area contributed by atoms with Gasteiger partial charge in [0.15, 0.2) is 0 Å². The second-order valence-electron chi connectivity index (χ2n) is 4.72. The topological polar surface area (TPSA) is 24.1 Å². The van der Waals surface area contributed by atoms with Gasteiger partial charge in [-0.2, -0.15) is 0 Å². The third kappa shape index (κ3) is 1.17. The first-order valence-corrected chi connectivity index (χ1v) is 5.39. The van der Waals surface area contributed by atoms with E-state index in [0.717, 1.165) is 12.5 Å². The first-order valence-electron chi connectivity index (χ1n) is 5.39. The van der Waals surface area contributed by atoms with E-state index in [1.807, 2.05) is 0 Å². The zero-order valence-corrected chi connectivity index (χ0v) is 8.51. The summed E-state index contributed by atoms with van der Waals surface area (Å²) in [7, 11) is 0. The number of benzene rings is 1. The molecule has 1 aliphatic carbocycles. The van der Waals surface area contributed by atoms with Crippen molar-refractivity contribution in [3.8, 4) is 0 Å². The lowest BCUT2D eigenvalue weighted by Gasteiger charge is -2.38. The normalized spacial score (nSPS) is 30.1. The van der Waals surface area contributed by atoms with Gasteiger partial charge in [-0.15, -0.1) is 0 Å². The van der Waals surface area contributed by atoms with Crippen LogP contribution in [0.2, 0.25) is 0 Å². The molecule has 1 heterocycles. The summed E-state index contributed by atoms with van der Waals surface area (Å²) in [5.41, 5.74) is 2.77. The Labute approximate surface area is 84.7 Å². The molecule has 1 atom stereocenters. The lowest BCUT2D eigenvalue weighted by Crippen LogP contribution is -2.47. The van der Waals surface area contributed by atoms with Crippen LogP contribution in [-0.2, 0) is 0 Å². The molecule has 1 saturated carbocycles. The quantitative estimate of drug-likeness (QED) is 0.708. The van der Waals surface area contributed by atoms with Gasteiger partial charge in [0.2, 0.25) is 0 Å². The largest absolute Gasteiger partial charge is 0.381 e. The molecule has 1 aliphatic heterocycles. The summed E-state index contributed by atoms with van der Waals surface area (Å²) in [5, 5.41) is 7.18. The third-order valence-electron chi connectivity index (χ3n) is 3.47. The SMILES string of the molecule is CC1(C2CC2)CNc2ccccc2N1. The number of para-hydroxylation sites is 2. The van der Waals surface area contributed by atoms with E-state index in [0.29, 0.717) is 0 Å². The highest BCUT2D eigenvalue weighted by Gasteiger charge is 2.43. The first-order chi connectivity index (χ1) is 6.78. The van der Waals surface area contributed by atoms with Crippen LogP contribution in [0.5, 0.6) is 0 Å². The number of fused-ring (bicyclic) bond motifs is 1. The van der Waals surface area contributed by atoms with Crippen molar-refractivity contribution in [1.29, 1.82) is 0 Å². The van der Waals surface area contributed by atoms with Crippen LogP contribution in [0.25, 0.3) is 0 Å². The lowest BCUT2D eigenvalue weighted by molar-refractivity contribution is 0.466. The molecule has 0 aromatic heterocycles. The monoisotopic (exact) mass is 188 g/mol. The van der Waals surface area contributed by atoms with Crippen LogP contribution in [0.4, 0.5) is 11.4 Å². The molecule has 2 N–H and O–H groups in total. The Bertz CT molecular complexity index is 357. The van der Waals surface area contributed by atoms with Gasteiger partial charge in [-0.1, -0.05) is 12.1 Å². The second kappa shape index (κ2) is 2.66. The standard InChI is InChI=1S/C12H16N2/c1-12(9-6-7-9)8-13-10-4-2-3-5-11(10)14-12/h2-5,9,13-14H,6-8H2,1H3. The zero-order chi connectivity index (χ0) is 9.60. The van der Waals surface area contributed by atoms with Crippen molar-refractivity contribution >= 4 is 11.4 Å². The van der Waals surface area contributed by atoms with Gasteiger partial charge < -0.3 is 10.6 Å². The van der Waals surface area contributed by atoms with Crippen LogP contribution in [0.1, 0.15) is 19.8 Å². The first kappa shape index (κ1) is 8.16. The Balaban J connectivity index is 1.92. The van der Waals surface area contributed by atoms with Crippen LogP contribution in [0.15, 0.2) is 24.3 Å². The summed E-state index contributed by atoms with van der Waals surface area (Å²) in [6, 6.07) is 8.45. The highest BCUT2D eigenvalue weighted by molar-refractivity contribution is 5.72. The van der Waals surface area contributed by atoms with E-state index >= 15 is 0 Å². The van der Waals surface area contributed by atoms with Crippen LogP contribution in [0, 0.1) is 5.92 Å². The Morgan fingerprint density at radius 2 is 1.93 bits per heavy atom. The molecule has 0 bridgehead atoms. The van der Waals surface area contributed by atoms with E-state index < -0.39 is 0 Å². The zero-order valence-electron chi connectivity index (χ0n) is 8.51. The maximum absolute atomic E-state index is 3.67. The molecule has 1 aromatic rings. The number of nitrogens with one attached hydrogen (secondary N) is 2. The Kier molecular flexibility index (Phi) is 1.55. The molecule has 0 radical (unpaired) electrons. The maximum Gasteiger partial charge on any atom is 0.0580 e. The molecule has 0 saturated heterocycles. The van der Waals surface area contributed by atoms with Crippen molar-refractivity contribution in [2.75, 3.05) is 17.2 Å². The summed E-state index contributed by atoms with van der Waals surface area (Å²) >= 11 is 0. The number of anilines is 2. The molecule has 1 fully saturated rings. The predicted octanol–water partition coefficient (Wildman–Crippen LogP) is 2.69. The number of rotatable bonds is 1. The van der Waals surface area contributed by atoms with E-state index in [1.54, 1.807) is 0 Å². The molecule has 0 spiro atoms. The van der Waals surface area contributed by atoms with E-state index in [2.05, 4.69) is 41.8 Å². The van der Waals surface area contributed by atoms with Gasteiger partial charge in [0.1, 0.15) is 0 Å². The van der Waals surface area contributed by atoms with Gasteiger partial charge >= 0.3 is 0 Å². The molecule has 1 aromatic carbocycles. The fraction of sp³-hybridized carbons (Fsp3) is 0.500. The fourth-order valence-electron chi connectivity index (χ4n) is 2.34. The fourth-order valence-corrected chi connectivity index (χ4v) is 2.34. The third-order valence-corrected chi connectivity index (χ3v) is 3.47. The van der Waals surface area contributed by atoms with Crippen molar-refractivity contribution in [1.82, 2.24) is 0 Å². The van der Waals surface area contributed by atoms with Crippen molar-refractivity contribution in [3.05, 3.63) is 24.3 Å². The molecule has 2 aliphatic rings. The van der Waals surface area contributed by atoms with Crippen LogP contribution in [0.3, 0.4) is 0 Å². The van der Waals surface area contributed by atoms with Crippen molar-refractivity contribution in [3.63, 3.8) is 0 Å². The summed E-state index contributed by atoms with van der Waals surface area (Å²) in [6.07, 6.45) is 2.76. The summed E-state index contributed by atoms with van der Waals surface area (Å²) in [6.45, 7) is 3.38. The van der Waals surface area contributed by atoms with Crippen LogP contribution in [-0.4, -0.2) is 12.1 Å². The van der Waals surface area contributed by atoms with Crippen molar-refractivity contribution in [2.24, 2.45) is 5.92 Å². The van der Waals surface area contributed by atoms with E-state index in [9.17, 15) is 0 Å². The lowest BCUT2D eigenvalue weighted by atomic mass is 9.93. The summed E-state index contributed by atoms with van der Waals surface area (Å²) in [4.78, 5) is 0. The maximum atomic E-state index is 3.67. The molecule has 2 heteroatoms. The molecule has 14 heavy (non-hydrogen) atoms. The van der Waals surface area contributed by atoms with Crippen molar-refractivity contribution < 1.29 is 0 Å². The molecule has 1 unspecified atom stereocenters. The van der Waals surface area contributed by atoms with E-state index in [-0.39, 0.29) is 5.54 Å².